The van der Waals surface area contributed by atoms with Gasteiger partial charge < -0.3 is 10.7 Å². The molecule has 0 atom stereocenters. The highest BCUT2D eigenvalue weighted by Crippen LogP contribution is 2.24. The third kappa shape index (κ3) is 2.12. The molecule has 0 spiro atoms. The van der Waals surface area contributed by atoms with Crippen LogP contribution in [0.3, 0.4) is 0 Å². The molecule has 3 heteroatoms. The topological polar surface area (TPSA) is 41.6 Å². The number of hydrogen-bond acceptors (Lipinski definition) is 3. The number of aryl methyl sites for hydroxylation is 1. The first-order chi connectivity index (χ1) is 7.31. The molecule has 1 aromatic rings. The van der Waals surface area contributed by atoms with E-state index in [1.807, 2.05) is 0 Å². The van der Waals surface area contributed by atoms with Crippen LogP contribution < -0.4 is 10.7 Å². The fraction of sp³-hybridized carbons (Fsp3) is 0.417. The molecule has 0 aliphatic carbocycles. The normalized spacial score (nSPS) is 16.5. The van der Waals surface area contributed by atoms with E-state index in [9.17, 15) is 0 Å². The van der Waals surface area contributed by atoms with Crippen molar-refractivity contribution in [3.63, 3.8) is 0 Å². The third-order valence-electron chi connectivity index (χ3n) is 2.89. The molecule has 3 nitrogen and oxygen atoms in total. The van der Waals surface area contributed by atoms with Gasteiger partial charge in [-0.15, -0.1) is 0 Å². The summed E-state index contributed by atoms with van der Waals surface area (Å²) in [5.41, 5.74) is 3.72. The zero-order valence-corrected chi connectivity index (χ0v) is 9.11. The van der Waals surface area contributed by atoms with Crippen molar-refractivity contribution in [1.29, 1.82) is 0 Å². The Bertz CT molecular complexity index is 365. The molecule has 1 fully saturated rings. The van der Waals surface area contributed by atoms with E-state index in [1.165, 1.54) is 37.2 Å². The highest BCUT2D eigenvalue weighted by Gasteiger charge is 2.13. The van der Waals surface area contributed by atoms with Crippen LogP contribution in [-0.2, 0) is 0 Å². The summed E-state index contributed by atoms with van der Waals surface area (Å²) in [6, 6.07) is 6.36. The van der Waals surface area contributed by atoms with Crippen molar-refractivity contribution in [1.82, 2.24) is 0 Å². The van der Waals surface area contributed by atoms with Gasteiger partial charge in [-0.05, 0) is 43.0 Å². The summed E-state index contributed by atoms with van der Waals surface area (Å²) >= 11 is 0. The number of nitrogens with two attached hydrogens (primary N) is 1. The van der Waals surface area contributed by atoms with E-state index in [4.69, 9.17) is 5.84 Å². The van der Waals surface area contributed by atoms with E-state index < -0.39 is 0 Å². The van der Waals surface area contributed by atoms with E-state index in [-0.39, 0.29) is 0 Å². The molecule has 1 heterocycles. The highest BCUT2D eigenvalue weighted by molar-refractivity contribution is 5.81. The molecular weight excluding hydrogens is 186 g/mol. The maximum Gasteiger partial charge on any atom is 0.0538 e. The zero-order valence-electron chi connectivity index (χ0n) is 9.11. The van der Waals surface area contributed by atoms with E-state index in [1.54, 1.807) is 6.21 Å². The largest absolute Gasteiger partial charge is 0.371 e. The smallest absolute Gasteiger partial charge is 0.0538 e. The maximum absolute atomic E-state index is 5.13. The van der Waals surface area contributed by atoms with Gasteiger partial charge in [-0.2, -0.15) is 5.10 Å². The number of rotatable bonds is 2. The van der Waals surface area contributed by atoms with Crippen molar-refractivity contribution in [3.8, 4) is 0 Å². The summed E-state index contributed by atoms with van der Waals surface area (Å²) < 4.78 is 0. The summed E-state index contributed by atoms with van der Waals surface area (Å²) in [5, 5.41) is 3.54. The Balaban J connectivity index is 2.25. The van der Waals surface area contributed by atoms with Gasteiger partial charge in [0.25, 0.3) is 0 Å². The van der Waals surface area contributed by atoms with Gasteiger partial charge in [-0.25, -0.2) is 0 Å². The Morgan fingerprint density at radius 1 is 1.33 bits per heavy atom. The van der Waals surface area contributed by atoms with Crippen molar-refractivity contribution in [2.45, 2.75) is 19.8 Å². The number of hydrazone groups is 1. The Labute approximate surface area is 90.6 Å². The first kappa shape index (κ1) is 10.0. The third-order valence-corrected chi connectivity index (χ3v) is 2.89. The molecular formula is C12H17N3. The van der Waals surface area contributed by atoms with Gasteiger partial charge in [0, 0.05) is 18.8 Å². The van der Waals surface area contributed by atoms with Gasteiger partial charge >= 0.3 is 0 Å². The molecule has 15 heavy (non-hydrogen) atoms. The number of hydrogen-bond donors (Lipinski definition) is 1. The number of benzene rings is 1. The van der Waals surface area contributed by atoms with E-state index in [2.05, 4.69) is 35.1 Å². The van der Waals surface area contributed by atoms with Gasteiger partial charge in [0.1, 0.15) is 0 Å². The second-order valence-corrected chi connectivity index (χ2v) is 4.02. The quantitative estimate of drug-likeness (QED) is 0.453. The van der Waals surface area contributed by atoms with E-state index in [0.717, 1.165) is 5.56 Å². The van der Waals surface area contributed by atoms with Crippen LogP contribution in [0.25, 0.3) is 0 Å². The van der Waals surface area contributed by atoms with Crippen molar-refractivity contribution < 1.29 is 0 Å². The van der Waals surface area contributed by atoms with Crippen LogP contribution in [-0.4, -0.2) is 19.3 Å². The summed E-state index contributed by atoms with van der Waals surface area (Å²) in [4.78, 5) is 2.44. The maximum atomic E-state index is 5.13. The number of anilines is 1. The summed E-state index contributed by atoms with van der Waals surface area (Å²) in [7, 11) is 0. The zero-order chi connectivity index (χ0) is 10.7. The summed E-state index contributed by atoms with van der Waals surface area (Å²) in [6.45, 7) is 4.51. The van der Waals surface area contributed by atoms with Gasteiger partial charge in [0.05, 0.1) is 6.21 Å². The van der Waals surface area contributed by atoms with Crippen LogP contribution in [0.5, 0.6) is 0 Å². The molecule has 1 saturated heterocycles. The molecule has 1 aromatic carbocycles. The minimum Gasteiger partial charge on any atom is -0.371 e. The Morgan fingerprint density at radius 2 is 2.07 bits per heavy atom. The fourth-order valence-corrected chi connectivity index (χ4v) is 2.16. The lowest BCUT2D eigenvalue weighted by molar-refractivity contribution is 0.949. The Morgan fingerprint density at radius 3 is 2.67 bits per heavy atom. The van der Waals surface area contributed by atoms with E-state index in [0.29, 0.717) is 0 Å². The SMILES string of the molecule is Cc1cc(C=NN)ccc1N1CCCC1. The summed E-state index contributed by atoms with van der Waals surface area (Å²) in [6.07, 6.45) is 4.30. The average molecular weight is 203 g/mol. The standard InChI is InChI=1S/C12H17N3/c1-10-8-11(9-14-13)4-5-12(10)15-6-2-3-7-15/h4-5,8-9H,2-3,6-7,13H2,1H3. The van der Waals surface area contributed by atoms with Crippen molar-refractivity contribution in [2.75, 3.05) is 18.0 Å². The molecule has 80 valence electrons. The van der Waals surface area contributed by atoms with Crippen LogP contribution in [0.2, 0.25) is 0 Å². The molecule has 1 aliphatic rings. The predicted molar refractivity (Wildman–Crippen MR) is 64.4 cm³/mol. The van der Waals surface area contributed by atoms with Crippen molar-refractivity contribution in [3.05, 3.63) is 29.3 Å². The lowest BCUT2D eigenvalue weighted by Crippen LogP contribution is -2.18. The van der Waals surface area contributed by atoms with E-state index >= 15 is 0 Å². The monoisotopic (exact) mass is 203 g/mol. The second kappa shape index (κ2) is 4.34. The van der Waals surface area contributed by atoms with Gasteiger partial charge in [-0.3, -0.25) is 0 Å². The van der Waals surface area contributed by atoms with Gasteiger partial charge in [0.2, 0.25) is 0 Å². The molecule has 2 N–H and O–H groups in total. The van der Waals surface area contributed by atoms with Crippen LogP contribution in [0.4, 0.5) is 5.69 Å². The molecule has 0 unspecified atom stereocenters. The van der Waals surface area contributed by atoms with Gasteiger partial charge in [0.15, 0.2) is 0 Å². The molecule has 2 rings (SSSR count). The minimum absolute atomic E-state index is 1.07. The van der Waals surface area contributed by atoms with Gasteiger partial charge in [-0.1, -0.05) is 6.07 Å². The summed E-state index contributed by atoms with van der Waals surface area (Å²) in [5.74, 6) is 5.13. The van der Waals surface area contributed by atoms with Crippen molar-refractivity contribution in [2.24, 2.45) is 10.9 Å². The van der Waals surface area contributed by atoms with Crippen LogP contribution in [0.15, 0.2) is 23.3 Å². The minimum atomic E-state index is 1.07. The lowest BCUT2D eigenvalue weighted by Gasteiger charge is -2.20. The second-order valence-electron chi connectivity index (χ2n) is 4.02. The average Bonchev–Trinajstić information content (AvgIpc) is 2.71. The lowest BCUT2D eigenvalue weighted by atomic mass is 10.1. The highest BCUT2D eigenvalue weighted by atomic mass is 15.1. The van der Waals surface area contributed by atoms with Crippen LogP contribution in [0, 0.1) is 6.92 Å². The molecule has 1 aliphatic heterocycles. The molecule has 0 aromatic heterocycles. The number of nitrogens with zero attached hydrogens (tertiary/aromatic N) is 2. The predicted octanol–water partition coefficient (Wildman–Crippen LogP) is 1.89. The van der Waals surface area contributed by atoms with Crippen LogP contribution >= 0.6 is 0 Å². The first-order valence-corrected chi connectivity index (χ1v) is 5.40. The molecule has 0 amide bonds. The van der Waals surface area contributed by atoms with Crippen LogP contribution in [0.1, 0.15) is 24.0 Å². The van der Waals surface area contributed by atoms with Crippen molar-refractivity contribution >= 4 is 11.9 Å². The molecule has 0 radical (unpaired) electrons. The molecule has 0 saturated carbocycles. The fourth-order valence-electron chi connectivity index (χ4n) is 2.16. The Hall–Kier alpha value is -1.51. The first-order valence-electron chi connectivity index (χ1n) is 5.40. The Kier molecular flexibility index (Phi) is 2.90. The molecule has 0 bridgehead atoms.